The maximum atomic E-state index is 12.8. The van der Waals surface area contributed by atoms with Crippen LogP contribution < -0.4 is 0 Å². The molecule has 1 heterocycles. The highest BCUT2D eigenvalue weighted by Crippen LogP contribution is 2.43. The molecule has 0 aliphatic carbocycles. The lowest BCUT2D eigenvalue weighted by Crippen LogP contribution is -2.20. The molecule has 0 unspecified atom stereocenters. The van der Waals surface area contributed by atoms with E-state index in [1.807, 2.05) is 0 Å². The standard InChI is InChI=1S/C8H2Cl3F6N/c9-6(12,13)3-1-2-4(7(10,14)15)18-5(3)8(11,16)17/h1-2H. The predicted octanol–water partition coefficient (Wildman–Crippen LogP) is 4.95. The van der Waals surface area contributed by atoms with Gasteiger partial charge in [0, 0.05) is 0 Å². The lowest BCUT2D eigenvalue weighted by molar-refractivity contribution is 0.0584. The molecule has 0 saturated heterocycles. The van der Waals surface area contributed by atoms with Crippen molar-refractivity contribution in [2.24, 2.45) is 0 Å². The summed E-state index contributed by atoms with van der Waals surface area (Å²) >= 11 is 13.6. The lowest BCUT2D eigenvalue weighted by Gasteiger charge is -2.18. The molecule has 0 N–H and O–H groups in total. The summed E-state index contributed by atoms with van der Waals surface area (Å²) in [5.41, 5.74) is -4.60. The summed E-state index contributed by atoms with van der Waals surface area (Å²) in [5, 5.41) is -12.7. The van der Waals surface area contributed by atoms with Crippen molar-refractivity contribution in [1.82, 2.24) is 4.98 Å². The first-order valence-electron chi connectivity index (χ1n) is 4.06. The Kier molecular flexibility index (Phi) is 4.01. The van der Waals surface area contributed by atoms with E-state index in [9.17, 15) is 26.3 Å². The number of pyridine rings is 1. The zero-order valence-electron chi connectivity index (χ0n) is 8.00. The smallest absolute Gasteiger partial charge is 0.242 e. The number of rotatable bonds is 3. The second-order valence-corrected chi connectivity index (χ2v) is 4.51. The molecule has 0 aromatic carbocycles. The number of alkyl halides is 9. The molecule has 0 atom stereocenters. The zero-order valence-corrected chi connectivity index (χ0v) is 10.3. The van der Waals surface area contributed by atoms with E-state index < -0.39 is 33.1 Å². The van der Waals surface area contributed by atoms with Crippen LogP contribution in [-0.4, -0.2) is 4.98 Å². The predicted molar refractivity (Wildman–Crippen MR) is 53.5 cm³/mol. The Morgan fingerprint density at radius 1 is 0.778 bits per heavy atom. The molecule has 0 aliphatic rings. The monoisotopic (exact) mass is 331 g/mol. The molecule has 102 valence electrons. The Balaban J connectivity index is 3.50. The molecule has 0 bridgehead atoms. The topological polar surface area (TPSA) is 12.9 Å². The molecule has 1 rings (SSSR count). The van der Waals surface area contributed by atoms with E-state index in [0.29, 0.717) is 6.07 Å². The van der Waals surface area contributed by atoms with Crippen molar-refractivity contribution in [2.75, 3.05) is 0 Å². The van der Waals surface area contributed by atoms with E-state index in [0.717, 1.165) is 0 Å². The van der Waals surface area contributed by atoms with Gasteiger partial charge in [-0.1, -0.05) is 0 Å². The van der Waals surface area contributed by atoms with Gasteiger partial charge in [-0.2, -0.15) is 26.3 Å². The van der Waals surface area contributed by atoms with Gasteiger partial charge in [0.2, 0.25) is 0 Å². The Bertz CT molecular complexity index is 448. The van der Waals surface area contributed by atoms with Crippen LogP contribution in [0, 0.1) is 0 Å². The minimum atomic E-state index is -4.40. The van der Waals surface area contributed by atoms with Gasteiger partial charge in [-0.15, -0.1) is 0 Å². The summed E-state index contributed by atoms with van der Waals surface area (Å²) in [6, 6.07) is 0.613. The van der Waals surface area contributed by atoms with Crippen LogP contribution >= 0.6 is 34.8 Å². The van der Waals surface area contributed by atoms with Gasteiger partial charge in [0.1, 0.15) is 11.4 Å². The average Bonchev–Trinajstić information content (AvgIpc) is 2.12. The number of aromatic nitrogens is 1. The third-order valence-electron chi connectivity index (χ3n) is 1.76. The van der Waals surface area contributed by atoms with E-state index in [1.165, 1.54) is 0 Å². The molecule has 0 fully saturated rings. The van der Waals surface area contributed by atoms with E-state index in [-0.39, 0.29) is 6.07 Å². The molecule has 0 aliphatic heterocycles. The van der Waals surface area contributed by atoms with Gasteiger partial charge in [0.05, 0.1) is 5.56 Å². The molecule has 0 radical (unpaired) electrons. The van der Waals surface area contributed by atoms with Gasteiger partial charge in [0.15, 0.2) is 0 Å². The molecule has 0 amide bonds. The number of halogens is 9. The molecule has 1 aromatic heterocycles. The number of nitrogens with zero attached hydrogens (tertiary/aromatic N) is 1. The highest BCUT2D eigenvalue weighted by Gasteiger charge is 2.43. The van der Waals surface area contributed by atoms with Crippen molar-refractivity contribution in [3.8, 4) is 0 Å². The third-order valence-corrected chi connectivity index (χ3v) is 2.34. The molecule has 0 spiro atoms. The van der Waals surface area contributed by atoms with Crippen molar-refractivity contribution in [1.29, 1.82) is 0 Å². The first kappa shape index (κ1) is 15.7. The lowest BCUT2D eigenvalue weighted by atomic mass is 10.1. The summed E-state index contributed by atoms with van der Waals surface area (Å²) in [4.78, 5) is 2.65. The van der Waals surface area contributed by atoms with Crippen molar-refractivity contribution in [3.63, 3.8) is 0 Å². The molecule has 1 nitrogen and oxygen atoms in total. The van der Waals surface area contributed by atoms with Crippen LogP contribution in [0.5, 0.6) is 0 Å². The molecule has 10 heteroatoms. The highest BCUT2D eigenvalue weighted by molar-refractivity contribution is 6.23. The van der Waals surface area contributed by atoms with Crippen LogP contribution in [0.4, 0.5) is 26.3 Å². The first-order valence-corrected chi connectivity index (χ1v) is 5.19. The summed E-state index contributed by atoms with van der Waals surface area (Å²) in [6.07, 6.45) is 0. The second-order valence-electron chi connectivity index (χ2n) is 3.09. The highest BCUT2D eigenvalue weighted by atomic mass is 35.5. The molecule has 0 saturated carbocycles. The fourth-order valence-electron chi connectivity index (χ4n) is 1.06. The van der Waals surface area contributed by atoms with Gasteiger partial charge in [0.25, 0.3) is 0 Å². The van der Waals surface area contributed by atoms with Crippen molar-refractivity contribution >= 4 is 34.8 Å². The fraction of sp³-hybridized carbons (Fsp3) is 0.375. The minimum absolute atomic E-state index is 0.261. The maximum Gasteiger partial charge on any atom is 0.365 e. The van der Waals surface area contributed by atoms with Gasteiger partial charge >= 0.3 is 16.1 Å². The summed E-state index contributed by atoms with van der Waals surface area (Å²) < 4.78 is 76.5. The summed E-state index contributed by atoms with van der Waals surface area (Å²) in [5.74, 6) is 0. The van der Waals surface area contributed by atoms with Gasteiger partial charge < -0.3 is 0 Å². The van der Waals surface area contributed by atoms with E-state index >= 15 is 0 Å². The van der Waals surface area contributed by atoms with Crippen LogP contribution in [-0.2, 0) is 16.1 Å². The summed E-state index contributed by atoms with van der Waals surface area (Å²) in [6.45, 7) is 0. The molecular formula is C8H2Cl3F6N. The Morgan fingerprint density at radius 2 is 1.28 bits per heavy atom. The van der Waals surface area contributed by atoms with Crippen LogP contribution in [0.2, 0.25) is 0 Å². The Hall–Kier alpha value is -0.400. The quantitative estimate of drug-likeness (QED) is 0.564. The first-order chi connectivity index (χ1) is 7.83. The maximum absolute atomic E-state index is 12.8. The zero-order chi connectivity index (χ0) is 14.4. The van der Waals surface area contributed by atoms with Crippen LogP contribution in [0.25, 0.3) is 0 Å². The van der Waals surface area contributed by atoms with Crippen LogP contribution in [0.3, 0.4) is 0 Å². The van der Waals surface area contributed by atoms with Crippen LogP contribution in [0.15, 0.2) is 12.1 Å². The Morgan fingerprint density at radius 3 is 1.61 bits per heavy atom. The van der Waals surface area contributed by atoms with E-state index in [4.69, 9.17) is 0 Å². The SMILES string of the molecule is FC(F)(Cl)c1ccc(C(F)(F)Cl)c(C(F)(F)Cl)n1. The van der Waals surface area contributed by atoms with E-state index in [1.54, 1.807) is 0 Å². The molecule has 18 heavy (non-hydrogen) atoms. The fourth-order valence-corrected chi connectivity index (χ4v) is 1.46. The van der Waals surface area contributed by atoms with Gasteiger partial charge in [-0.25, -0.2) is 4.98 Å². The number of hydrogen-bond acceptors (Lipinski definition) is 1. The molecule has 1 aromatic rings. The normalized spacial score (nSPS) is 13.8. The van der Waals surface area contributed by atoms with Crippen molar-refractivity contribution < 1.29 is 26.3 Å². The number of hydrogen-bond donors (Lipinski definition) is 0. The largest absolute Gasteiger partial charge is 0.365 e. The van der Waals surface area contributed by atoms with Gasteiger partial charge in [-0.05, 0) is 46.9 Å². The average molecular weight is 332 g/mol. The van der Waals surface area contributed by atoms with Crippen molar-refractivity contribution in [3.05, 3.63) is 29.1 Å². The minimum Gasteiger partial charge on any atom is -0.242 e. The van der Waals surface area contributed by atoms with E-state index in [2.05, 4.69) is 39.8 Å². The molecular weight excluding hydrogens is 330 g/mol. The summed E-state index contributed by atoms with van der Waals surface area (Å²) in [7, 11) is 0. The third kappa shape index (κ3) is 3.55. The van der Waals surface area contributed by atoms with Crippen molar-refractivity contribution in [2.45, 2.75) is 16.1 Å². The van der Waals surface area contributed by atoms with Gasteiger partial charge in [-0.3, -0.25) is 0 Å². The second kappa shape index (κ2) is 4.61. The van der Waals surface area contributed by atoms with Crippen LogP contribution in [0.1, 0.15) is 17.0 Å². The Labute approximate surface area is 112 Å².